The number of aromatic nitrogens is 2. The highest BCUT2D eigenvalue weighted by atomic mass is 32.2. The minimum Gasteiger partial charge on any atom is -0.496 e. The number of nitriles is 1. The largest absolute Gasteiger partial charge is 0.496 e. The molecule has 14 heteroatoms. The van der Waals surface area contributed by atoms with Crippen LogP contribution in [0.1, 0.15) is 12.0 Å². The van der Waals surface area contributed by atoms with Crippen LogP contribution in [0, 0.1) is 17.1 Å². The molecule has 248 valence electrons. The smallest absolute Gasteiger partial charge is 0.270 e. The van der Waals surface area contributed by atoms with E-state index in [1.165, 1.54) is 65.5 Å². The molecular formula is C34H30FN3O9S. The highest BCUT2D eigenvalue weighted by Gasteiger charge is 2.24. The molecule has 2 heterocycles. The number of H-pyrrole nitrogens is 1. The maximum absolute atomic E-state index is 14.0. The van der Waals surface area contributed by atoms with E-state index in [1.807, 2.05) is 6.07 Å². The molecule has 0 fully saturated rings. The molecule has 0 unspecified atom stereocenters. The van der Waals surface area contributed by atoms with Crippen molar-refractivity contribution < 1.29 is 37.2 Å². The molecule has 2 aromatic heterocycles. The number of nitrogens with zero attached hydrogens (tertiary/aromatic N) is 2. The summed E-state index contributed by atoms with van der Waals surface area (Å²) in [5.74, 6) is 1.57. The summed E-state index contributed by atoms with van der Waals surface area (Å²) in [5.41, 5.74) is -0.340. The van der Waals surface area contributed by atoms with Gasteiger partial charge in [0.2, 0.25) is 16.9 Å². The van der Waals surface area contributed by atoms with Crippen LogP contribution in [0.5, 0.6) is 34.5 Å². The van der Waals surface area contributed by atoms with Crippen LogP contribution < -0.4 is 39.4 Å². The SMILES string of the molecule is COc1cc(OC)c2c(=O)c(OCCCSc3nc(-c4cccc(F)c4)c(C#N)c(=O)[nH]3)c(-c3cc(OC)c(OC)c(OC)c3)oc2c1. The highest BCUT2D eigenvalue weighted by Crippen LogP contribution is 2.44. The molecule has 0 saturated carbocycles. The summed E-state index contributed by atoms with van der Waals surface area (Å²) < 4.78 is 53.6. The van der Waals surface area contributed by atoms with E-state index in [9.17, 15) is 19.2 Å². The molecule has 0 aliphatic rings. The van der Waals surface area contributed by atoms with Crippen molar-refractivity contribution in [1.29, 1.82) is 5.26 Å². The third-order valence-electron chi connectivity index (χ3n) is 7.15. The van der Waals surface area contributed by atoms with Crippen LogP contribution in [0.4, 0.5) is 4.39 Å². The Bertz CT molecular complexity index is 2120. The number of rotatable bonds is 13. The van der Waals surface area contributed by atoms with Crippen molar-refractivity contribution in [2.75, 3.05) is 47.9 Å². The zero-order chi connectivity index (χ0) is 34.4. The summed E-state index contributed by atoms with van der Waals surface area (Å²) in [6.45, 7) is 0.0659. The molecule has 0 spiro atoms. The van der Waals surface area contributed by atoms with E-state index >= 15 is 0 Å². The number of hydrogen-bond acceptors (Lipinski definition) is 12. The van der Waals surface area contributed by atoms with Gasteiger partial charge in [-0.15, -0.1) is 0 Å². The van der Waals surface area contributed by atoms with E-state index in [0.717, 1.165) is 0 Å². The van der Waals surface area contributed by atoms with Crippen LogP contribution in [0.25, 0.3) is 33.6 Å². The van der Waals surface area contributed by atoms with Crippen molar-refractivity contribution in [3.8, 4) is 63.1 Å². The standard InChI is InChI=1S/C34H30FN3O9S/c1-41-21-15-23(42-2)27-24(16-21)47-30(19-13-25(43-3)31(45-5)26(14-19)44-4)32(29(27)39)46-10-7-11-48-34-37-28(22(17-36)33(40)38-34)18-8-6-9-20(35)12-18/h6,8-9,12-16H,7,10-11H2,1-5H3,(H,37,38,40). The quantitative estimate of drug-likeness (QED) is 0.0908. The normalized spacial score (nSPS) is 10.8. The number of methoxy groups -OCH3 is 5. The summed E-state index contributed by atoms with van der Waals surface area (Å²) in [6.07, 6.45) is 0.398. The molecule has 5 aromatic rings. The lowest BCUT2D eigenvalue weighted by atomic mass is 10.1. The second-order valence-electron chi connectivity index (χ2n) is 9.97. The predicted molar refractivity (Wildman–Crippen MR) is 176 cm³/mol. The maximum atomic E-state index is 14.0. The number of fused-ring (bicyclic) bond motifs is 1. The molecule has 0 aliphatic heterocycles. The van der Waals surface area contributed by atoms with Gasteiger partial charge < -0.3 is 37.8 Å². The fourth-order valence-corrected chi connectivity index (χ4v) is 5.70. The molecule has 0 bridgehead atoms. The van der Waals surface area contributed by atoms with Crippen molar-refractivity contribution >= 4 is 22.7 Å². The number of halogens is 1. The Balaban J connectivity index is 1.47. The first-order valence-electron chi connectivity index (χ1n) is 14.4. The Morgan fingerprint density at radius 2 is 1.62 bits per heavy atom. The average molecular weight is 676 g/mol. The van der Waals surface area contributed by atoms with Crippen molar-refractivity contribution in [2.24, 2.45) is 0 Å². The van der Waals surface area contributed by atoms with Gasteiger partial charge in [-0.25, -0.2) is 9.37 Å². The van der Waals surface area contributed by atoms with Crippen molar-refractivity contribution in [1.82, 2.24) is 9.97 Å². The molecule has 12 nitrogen and oxygen atoms in total. The van der Waals surface area contributed by atoms with E-state index in [0.29, 0.717) is 46.3 Å². The third kappa shape index (κ3) is 6.72. The molecular weight excluding hydrogens is 645 g/mol. The number of nitrogens with one attached hydrogen (secondary N) is 1. The van der Waals surface area contributed by atoms with Gasteiger partial charge in [0, 0.05) is 29.0 Å². The molecule has 48 heavy (non-hydrogen) atoms. The molecule has 3 aromatic carbocycles. The second-order valence-corrected chi connectivity index (χ2v) is 11.1. The van der Waals surface area contributed by atoms with E-state index in [-0.39, 0.29) is 51.2 Å². The summed E-state index contributed by atoms with van der Waals surface area (Å²) >= 11 is 1.20. The predicted octanol–water partition coefficient (Wildman–Crippen LogP) is 5.83. The molecule has 1 N–H and O–H groups in total. The van der Waals surface area contributed by atoms with Gasteiger partial charge in [0.1, 0.15) is 39.9 Å². The molecule has 5 rings (SSSR count). The Morgan fingerprint density at radius 3 is 2.25 bits per heavy atom. The Kier molecular flexibility index (Phi) is 10.4. The van der Waals surface area contributed by atoms with Crippen LogP contribution in [0.3, 0.4) is 0 Å². The van der Waals surface area contributed by atoms with Crippen LogP contribution in [-0.4, -0.2) is 57.9 Å². The van der Waals surface area contributed by atoms with Gasteiger partial charge in [-0.05, 0) is 30.7 Å². The van der Waals surface area contributed by atoms with E-state index in [2.05, 4.69) is 9.97 Å². The maximum Gasteiger partial charge on any atom is 0.270 e. The first kappa shape index (κ1) is 33.7. The van der Waals surface area contributed by atoms with E-state index in [1.54, 1.807) is 30.3 Å². The number of ether oxygens (including phenoxy) is 6. The Hall–Kier alpha value is -5.68. The van der Waals surface area contributed by atoms with Gasteiger partial charge in [0.15, 0.2) is 22.4 Å². The van der Waals surface area contributed by atoms with Gasteiger partial charge in [-0.2, -0.15) is 5.26 Å². The summed E-state index contributed by atoms with van der Waals surface area (Å²) in [4.78, 5) is 33.6. The van der Waals surface area contributed by atoms with Crippen LogP contribution in [0.15, 0.2) is 67.7 Å². The first-order chi connectivity index (χ1) is 23.3. The zero-order valence-electron chi connectivity index (χ0n) is 26.6. The van der Waals surface area contributed by atoms with Gasteiger partial charge in [-0.1, -0.05) is 23.9 Å². The summed E-state index contributed by atoms with van der Waals surface area (Å²) in [5, 5.41) is 9.91. The molecule has 0 amide bonds. The topological polar surface area (TPSA) is 155 Å². The minimum atomic E-state index is -0.639. The van der Waals surface area contributed by atoms with Crippen LogP contribution >= 0.6 is 11.8 Å². The average Bonchev–Trinajstić information content (AvgIpc) is 3.10. The van der Waals surface area contributed by atoms with Crippen LogP contribution in [0.2, 0.25) is 0 Å². The van der Waals surface area contributed by atoms with Crippen molar-refractivity contribution in [3.63, 3.8) is 0 Å². The van der Waals surface area contributed by atoms with E-state index < -0.39 is 16.8 Å². The fourth-order valence-electron chi connectivity index (χ4n) is 4.93. The Morgan fingerprint density at radius 1 is 0.896 bits per heavy atom. The number of thioether (sulfide) groups is 1. The van der Waals surface area contributed by atoms with Gasteiger partial charge >= 0.3 is 0 Å². The molecule has 0 atom stereocenters. The Labute approximate surface area is 277 Å². The fraction of sp³-hybridized carbons (Fsp3) is 0.235. The van der Waals surface area contributed by atoms with Gasteiger partial charge in [0.25, 0.3) is 5.56 Å². The highest BCUT2D eigenvalue weighted by molar-refractivity contribution is 7.99. The van der Waals surface area contributed by atoms with Crippen molar-refractivity contribution in [2.45, 2.75) is 11.6 Å². The summed E-state index contributed by atoms with van der Waals surface area (Å²) in [6, 6.07) is 13.8. The van der Waals surface area contributed by atoms with Crippen molar-refractivity contribution in [3.05, 3.63) is 80.5 Å². The number of aromatic amines is 1. The van der Waals surface area contributed by atoms with Crippen LogP contribution in [-0.2, 0) is 0 Å². The monoisotopic (exact) mass is 675 g/mol. The lowest BCUT2D eigenvalue weighted by molar-refractivity contribution is 0.309. The van der Waals surface area contributed by atoms with Gasteiger partial charge in [-0.3, -0.25) is 9.59 Å². The molecule has 0 aliphatic carbocycles. The molecule has 0 saturated heterocycles. The second kappa shape index (κ2) is 14.8. The zero-order valence-corrected chi connectivity index (χ0v) is 27.4. The van der Waals surface area contributed by atoms with Gasteiger partial charge in [0.05, 0.1) is 47.8 Å². The number of hydrogen-bond donors (Lipinski definition) is 1. The lowest BCUT2D eigenvalue weighted by Crippen LogP contribution is -2.15. The summed E-state index contributed by atoms with van der Waals surface area (Å²) in [7, 11) is 7.34. The first-order valence-corrected chi connectivity index (χ1v) is 15.3. The third-order valence-corrected chi connectivity index (χ3v) is 8.11. The number of benzene rings is 3. The molecule has 0 radical (unpaired) electrons. The van der Waals surface area contributed by atoms with E-state index in [4.69, 9.17) is 32.8 Å². The lowest BCUT2D eigenvalue weighted by Gasteiger charge is -2.17. The minimum absolute atomic E-state index is 0.0659.